The summed E-state index contributed by atoms with van der Waals surface area (Å²) < 4.78 is 0. The third kappa shape index (κ3) is 2.19. The molecular formula is C8H10ClNO. The van der Waals surface area contributed by atoms with E-state index in [1.54, 1.807) is 0 Å². The van der Waals surface area contributed by atoms with Crippen molar-refractivity contribution in [1.29, 1.82) is 0 Å². The van der Waals surface area contributed by atoms with Crippen LogP contribution in [0.15, 0.2) is 24.3 Å². The summed E-state index contributed by atoms with van der Waals surface area (Å²) in [6.45, 7) is 1.87. The summed E-state index contributed by atoms with van der Waals surface area (Å²) in [5.41, 5.74) is 0.986. The second kappa shape index (κ2) is 3.72. The van der Waals surface area contributed by atoms with Gasteiger partial charge in [-0.3, -0.25) is 4.84 Å². The summed E-state index contributed by atoms with van der Waals surface area (Å²) >= 11 is 5.75. The monoisotopic (exact) mass is 171 g/mol. The predicted molar refractivity (Wildman–Crippen MR) is 45.1 cm³/mol. The molecule has 11 heavy (non-hydrogen) atoms. The minimum absolute atomic E-state index is 0.103. The zero-order valence-corrected chi connectivity index (χ0v) is 7.01. The number of nitrogens with two attached hydrogens (primary N) is 1. The van der Waals surface area contributed by atoms with Crippen molar-refractivity contribution in [3.63, 3.8) is 0 Å². The molecule has 0 aliphatic heterocycles. The first-order valence-corrected chi connectivity index (χ1v) is 3.73. The van der Waals surface area contributed by atoms with Crippen molar-refractivity contribution < 1.29 is 4.84 Å². The van der Waals surface area contributed by atoms with Gasteiger partial charge >= 0.3 is 0 Å². The molecule has 3 heteroatoms. The van der Waals surface area contributed by atoms with Crippen LogP contribution < -0.4 is 5.90 Å². The molecule has 0 aliphatic carbocycles. The van der Waals surface area contributed by atoms with E-state index >= 15 is 0 Å². The van der Waals surface area contributed by atoms with Crippen LogP contribution in [-0.4, -0.2) is 0 Å². The van der Waals surface area contributed by atoms with Gasteiger partial charge in [0.2, 0.25) is 0 Å². The average Bonchev–Trinajstić information content (AvgIpc) is 2.03. The Hall–Kier alpha value is -0.570. The maximum absolute atomic E-state index is 5.75. The molecule has 0 aromatic heterocycles. The Kier molecular flexibility index (Phi) is 2.88. The topological polar surface area (TPSA) is 35.2 Å². The van der Waals surface area contributed by atoms with Gasteiger partial charge in [-0.2, -0.15) is 0 Å². The van der Waals surface area contributed by atoms with E-state index in [2.05, 4.69) is 4.84 Å². The molecule has 0 radical (unpaired) electrons. The van der Waals surface area contributed by atoms with Gasteiger partial charge in [0.1, 0.15) is 6.10 Å². The van der Waals surface area contributed by atoms with E-state index < -0.39 is 0 Å². The van der Waals surface area contributed by atoms with Crippen molar-refractivity contribution in [2.45, 2.75) is 13.0 Å². The molecule has 1 aromatic carbocycles. The molecule has 0 saturated heterocycles. The Morgan fingerprint density at radius 2 is 2.27 bits per heavy atom. The summed E-state index contributed by atoms with van der Waals surface area (Å²) in [6, 6.07) is 7.43. The Bertz CT molecular complexity index is 239. The van der Waals surface area contributed by atoms with Crippen LogP contribution in [0.4, 0.5) is 0 Å². The molecular weight excluding hydrogens is 162 g/mol. The van der Waals surface area contributed by atoms with Gasteiger partial charge in [-0.05, 0) is 24.6 Å². The molecule has 0 saturated carbocycles. The Morgan fingerprint density at radius 3 is 2.82 bits per heavy atom. The lowest BCUT2D eigenvalue weighted by molar-refractivity contribution is 0.0664. The first-order chi connectivity index (χ1) is 5.24. The standard InChI is InChI=1S/C8H10ClNO/c1-6(11-10)7-3-2-4-8(9)5-7/h2-6H,10H2,1H3. The highest BCUT2D eigenvalue weighted by Gasteiger charge is 2.02. The van der Waals surface area contributed by atoms with Crippen molar-refractivity contribution >= 4 is 11.6 Å². The van der Waals surface area contributed by atoms with Gasteiger partial charge in [0.15, 0.2) is 0 Å². The van der Waals surface area contributed by atoms with Crippen molar-refractivity contribution in [3.05, 3.63) is 34.9 Å². The van der Waals surface area contributed by atoms with Crippen LogP contribution in [0.5, 0.6) is 0 Å². The molecule has 1 atom stereocenters. The lowest BCUT2D eigenvalue weighted by atomic mass is 10.1. The first kappa shape index (κ1) is 8.53. The minimum Gasteiger partial charge on any atom is -0.297 e. The van der Waals surface area contributed by atoms with Gasteiger partial charge in [-0.15, -0.1) is 0 Å². The molecule has 1 unspecified atom stereocenters. The molecule has 1 rings (SSSR count). The van der Waals surface area contributed by atoms with E-state index in [4.69, 9.17) is 17.5 Å². The number of halogens is 1. The summed E-state index contributed by atoms with van der Waals surface area (Å²) in [4.78, 5) is 4.63. The van der Waals surface area contributed by atoms with Gasteiger partial charge in [0.25, 0.3) is 0 Å². The summed E-state index contributed by atoms with van der Waals surface area (Å²) in [6.07, 6.45) is -0.103. The molecule has 2 nitrogen and oxygen atoms in total. The van der Waals surface area contributed by atoms with E-state index in [0.717, 1.165) is 5.56 Å². The van der Waals surface area contributed by atoms with Crippen LogP contribution in [0.25, 0.3) is 0 Å². The van der Waals surface area contributed by atoms with E-state index in [0.29, 0.717) is 5.02 Å². The van der Waals surface area contributed by atoms with Crippen molar-refractivity contribution in [2.75, 3.05) is 0 Å². The smallest absolute Gasteiger partial charge is 0.101 e. The number of hydrogen-bond acceptors (Lipinski definition) is 2. The molecule has 0 spiro atoms. The third-order valence-corrected chi connectivity index (χ3v) is 1.76. The van der Waals surface area contributed by atoms with Gasteiger partial charge in [-0.1, -0.05) is 23.7 Å². The first-order valence-electron chi connectivity index (χ1n) is 3.35. The second-order valence-corrected chi connectivity index (χ2v) is 2.77. The number of rotatable bonds is 2. The highest BCUT2D eigenvalue weighted by Crippen LogP contribution is 2.18. The summed E-state index contributed by atoms with van der Waals surface area (Å²) in [5.74, 6) is 5.01. The quantitative estimate of drug-likeness (QED) is 0.693. The molecule has 0 aliphatic rings. The maximum Gasteiger partial charge on any atom is 0.101 e. The predicted octanol–water partition coefficient (Wildman–Crippen LogP) is 2.29. The Morgan fingerprint density at radius 1 is 1.55 bits per heavy atom. The molecule has 0 fully saturated rings. The molecule has 0 heterocycles. The Labute approximate surface area is 70.9 Å². The van der Waals surface area contributed by atoms with Crippen LogP contribution in [0, 0.1) is 0 Å². The summed E-state index contributed by atoms with van der Waals surface area (Å²) in [5, 5.41) is 0.700. The number of hydrogen-bond donors (Lipinski definition) is 1. The fourth-order valence-electron chi connectivity index (χ4n) is 0.838. The lowest BCUT2D eigenvalue weighted by Crippen LogP contribution is -2.04. The lowest BCUT2D eigenvalue weighted by Gasteiger charge is -2.07. The molecule has 0 bridgehead atoms. The van der Waals surface area contributed by atoms with E-state index in [9.17, 15) is 0 Å². The molecule has 60 valence electrons. The van der Waals surface area contributed by atoms with Gasteiger partial charge in [0, 0.05) is 5.02 Å². The van der Waals surface area contributed by atoms with Gasteiger partial charge in [0.05, 0.1) is 0 Å². The van der Waals surface area contributed by atoms with Crippen LogP contribution in [-0.2, 0) is 4.84 Å². The summed E-state index contributed by atoms with van der Waals surface area (Å²) in [7, 11) is 0. The highest BCUT2D eigenvalue weighted by molar-refractivity contribution is 6.30. The zero-order valence-electron chi connectivity index (χ0n) is 6.25. The van der Waals surface area contributed by atoms with Crippen molar-refractivity contribution in [2.24, 2.45) is 5.90 Å². The molecule has 0 amide bonds. The number of benzene rings is 1. The van der Waals surface area contributed by atoms with E-state index in [1.807, 2.05) is 31.2 Å². The maximum atomic E-state index is 5.75. The van der Waals surface area contributed by atoms with Crippen LogP contribution in [0.3, 0.4) is 0 Å². The zero-order chi connectivity index (χ0) is 8.27. The minimum atomic E-state index is -0.103. The SMILES string of the molecule is CC(ON)c1cccc(Cl)c1. The van der Waals surface area contributed by atoms with Crippen molar-refractivity contribution in [1.82, 2.24) is 0 Å². The van der Waals surface area contributed by atoms with Gasteiger partial charge < -0.3 is 0 Å². The van der Waals surface area contributed by atoms with Crippen molar-refractivity contribution in [3.8, 4) is 0 Å². The fraction of sp³-hybridized carbons (Fsp3) is 0.250. The molecule has 1 aromatic rings. The van der Waals surface area contributed by atoms with E-state index in [-0.39, 0.29) is 6.10 Å². The van der Waals surface area contributed by atoms with Gasteiger partial charge in [-0.25, -0.2) is 5.90 Å². The Balaban J connectivity index is 2.86. The van der Waals surface area contributed by atoms with Crippen LogP contribution >= 0.6 is 11.6 Å². The highest BCUT2D eigenvalue weighted by atomic mass is 35.5. The normalized spacial score (nSPS) is 13.0. The van der Waals surface area contributed by atoms with Crippen LogP contribution in [0.2, 0.25) is 5.02 Å². The average molecular weight is 172 g/mol. The largest absolute Gasteiger partial charge is 0.297 e. The van der Waals surface area contributed by atoms with E-state index in [1.165, 1.54) is 0 Å². The second-order valence-electron chi connectivity index (χ2n) is 2.33. The molecule has 2 N–H and O–H groups in total. The van der Waals surface area contributed by atoms with Crippen LogP contribution in [0.1, 0.15) is 18.6 Å². The third-order valence-electron chi connectivity index (χ3n) is 1.52. The fourth-order valence-corrected chi connectivity index (χ4v) is 1.04.